The summed E-state index contributed by atoms with van der Waals surface area (Å²) >= 11 is 9.48. The van der Waals surface area contributed by atoms with E-state index >= 15 is 0 Å². The second-order valence-electron chi connectivity index (χ2n) is 4.07. The van der Waals surface area contributed by atoms with Crippen molar-refractivity contribution in [2.24, 2.45) is 0 Å². The lowest BCUT2D eigenvalue weighted by Crippen LogP contribution is -2.29. The lowest BCUT2D eigenvalue weighted by atomic mass is 10.1. The smallest absolute Gasteiger partial charge is 0.0417 e. The average molecular weight is 289 g/mol. The van der Waals surface area contributed by atoms with E-state index in [4.69, 9.17) is 11.6 Å². The molecule has 1 aliphatic heterocycles. The van der Waals surface area contributed by atoms with Crippen LogP contribution in [0.15, 0.2) is 22.7 Å². The fraction of sp³-hybridized carbons (Fsp3) is 0.500. The summed E-state index contributed by atoms with van der Waals surface area (Å²) in [6.45, 7) is 3.50. The van der Waals surface area contributed by atoms with Crippen molar-refractivity contribution in [2.75, 3.05) is 13.1 Å². The van der Waals surface area contributed by atoms with Crippen LogP contribution >= 0.6 is 27.5 Å². The van der Waals surface area contributed by atoms with Gasteiger partial charge in [-0.3, -0.25) is 4.90 Å². The zero-order valence-corrected chi connectivity index (χ0v) is 11.0. The fourth-order valence-electron chi connectivity index (χ4n) is 2.01. The van der Waals surface area contributed by atoms with Gasteiger partial charge in [0, 0.05) is 16.0 Å². The molecule has 82 valence electrons. The summed E-state index contributed by atoms with van der Waals surface area (Å²) < 4.78 is 1.13. The van der Waals surface area contributed by atoms with Crippen LogP contribution in [-0.2, 0) is 6.54 Å². The van der Waals surface area contributed by atoms with Gasteiger partial charge in [0.1, 0.15) is 0 Å². The van der Waals surface area contributed by atoms with Crippen LogP contribution < -0.4 is 0 Å². The van der Waals surface area contributed by atoms with Crippen LogP contribution in [0.25, 0.3) is 0 Å². The van der Waals surface area contributed by atoms with Crippen molar-refractivity contribution in [3.05, 3.63) is 33.3 Å². The minimum absolute atomic E-state index is 0.796. The highest BCUT2D eigenvalue weighted by atomic mass is 79.9. The minimum atomic E-state index is 0.796. The molecule has 3 heteroatoms. The van der Waals surface area contributed by atoms with E-state index in [1.165, 1.54) is 37.9 Å². The number of likely N-dealkylation sites (tertiary alicyclic amines) is 1. The van der Waals surface area contributed by atoms with E-state index in [9.17, 15) is 0 Å². The SMILES string of the molecule is Clc1ccc(CN2CCCCC2)c(Br)c1. The molecule has 0 unspecified atom stereocenters. The average Bonchev–Trinajstić information content (AvgIpc) is 2.24. The van der Waals surface area contributed by atoms with Crippen LogP contribution in [0, 0.1) is 0 Å². The minimum Gasteiger partial charge on any atom is -0.299 e. The Kier molecular flexibility index (Phi) is 4.06. The molecule has 0 atom stereocenters. The first-order chi connectivity index (χ1) is 7.25. The van der Waals surface area contributed by atoms with Crippen molar-refractivity contribution in [1.29, 1.82) is 0 Å². The van der Waals surface area contributed by atoms with Gasteiger partial charge in [-0.1, -0.05) is 40.0 Å². The van der Waals surface area contributed by atoms with Crippen molar-refractivity contribution >= 4 is 27.5 Å². The molecule has 2 rings (SSSR count). The second-order valence-corrected chi connectivity index (χ2v) is 5.36. The van der Waals surface area contributed by atoms with Crippen LogP contribution in [0.5, 0.6) is 0 Å². The summed E-state index contributed by atoms with van der Waals surface area (Å²) in [5, 5.41) is 0.796. The number of rotatable bonds is 2. The van der Waals surface area contributed by atoms with E-state index in [0.29, 0.717) is 0 Å². The van der Waals surface area contributed by atoms with Gasteiger partial charge in [-0.25, -0.2) is 0 Å². The predicted octanol–water partition coefficient (Wildman–Crippen LogP) is 4.09. The van der Waals surface area contributed by atoms with Gasteiger partial charge in [0.25, 0.3) is 0 Å². The fourth-order valence-corrected chi connectivity index (χ4v) is 2.82. The highest BCUT2D eigenvalue weighted by Gasteiger charge is 2.11. The van der Waals surface area contributed by atoms with E-state index in [1.54, 1.807) is 0 Å². The number of benzene rings is 1. The third kappa shape index (κ3) is 3.20. The standard InChI is InChI=1S/C12H15BrClN/c13-12-8-11(14)5-4-10(12)9-15-6-2-1-3-7-15/h4-5,8H,1-3,6-7,9H2. The maximum atomic E-state index is 5.92. The molecule has 1 saturated heterocycles. The first kappa shape index (κ1) is 11.4. The summed E-state index contributed by atoms with van der Waals surface area (Å²) in [6, 6.07) is 6.05. The largest absolute Gasteiger partial charge is 0.299 e. The zero-order valence-electron chi connectivity index (χ0n) is 8.68. The monoisotopic (exact) mass is 287 g/mol. The molecule has 0 N–H and O–H groups in total. The number of halogens is 2. The Hall–Kier alpha value is -0.0500. The summed E-state index contributed by atoms with van der Waals surface area (Å²) in [6.07, 6.45) is 4.06. The molecule has 0 aliphatic carbocycles. The van der Waals surface area contributed by atoms with Gasteiger partial charge in [0.2, 0.25) is 0 Å². The van der Waals surface area contributed by atoms with Crippen molar-refractivity contribution in [2.45, 2.75) is 25.8 Å². The van der Waals surface area contributed by atoms with E-state index in [0.717, 1.165) is 16.0 Å². The van der Waals surface area contributed by atoms with Crippen molar-refractivity contribution in [1.82, 2.24) is 4.90 Å². The number of nitrogens with zero attached hydrogens (tertiary/aromatic N) is 1. The van der Waals surface area contributed by atoms with Crippen molar-refractivity contribution in [3.63, 3.8) is 0 Å². The summed E-state index contributed by atoms with van der Waals surface area (Å²) in [5.41, 5.74) is 1.33. The van der Waals surface area contributed by atoms with Gasteiger partial charge in [0.15, 0.2) is 0 Å². The van der Waals surface area contributed by atoms with Crippen LogP contribution in [0.2, 0.25) is 5.02 Å². The lowest BCUT2D eigenvalue weighted by molar-refractivity contribution is 0.220. The Morgan fingerprint density at radius 3 is 2.60 bits per heavy atom. The highest BCUT2D eigenvalue weighted by molar-refractivity contribution is 9.10. The quantitative estimate of drug-likeness (QED) is 0.792. The van der Waals surface area contributed by atoms with Gasteiger partial charge in [0.05, 0.1) is 0 Å². The van der Waals surface area contributed by atoms with Crippen molar-refractivity contribution in [3.8, 4) is 0 Å². The molecule has 0 aromatic heterocycles. The van der Waals surface area contributed by atoms with Gasteiger partial charge >= 0.3 is 0 Å². The molecular formula is C12H15BrClN. The number of hydrogen-bond acceptors (Lipinski definition) is 1. The molecule has 0 radical (unpaired) electrons. The summed E-state index contributed by atoms with van der Waals surface area (Å²) in [7, 11) is 0. The van der Waals surface area contributed by atoms with E-state index in [-0.39, 0.29) is 0 Å². The van der Waals surface area contributed by atoms with E-state index < -0.39 is 0 Å². The molecule has 1 aliphatic rings. The van der Waals surface area contributed by atoms with Crippen LogP contribution in [0.3, 0.4) is 0 Å². The Bertz CT molecular complexity index is 334. The van der Waals surface area contributed by atoms with Crippen LogP contribution in [0.4, 0.5) is 0 Å². The molecule has 15 heavy (non-hydrogen) atoms. The van der Waals surface area contributed by atoms with Gasteiger partial charge in [-0.2, -0.15) is 0 Å². The second kappa shape index (κ2) is 5.33. The normalized spacial score (nSPS) is 18.0. The molecule has 1 fully saturated rings. The van der Waals surface area contributed by atoms with E-state index in [2.05, 4.69) is 26.9 Å². The Balaban J connectivity index is 2.03. The molecule has 0 spiro atoms. The Morgan fingerprint density at radius 2 is 1.93 bits per heavy atom. The van der Waals surface area contributed by atoms with Gasteiger partial charge < -0.3 is 0 Å². The molecule has 0 amide bonds. The maximum absolute atomic E-state index is 5.92. The third-order valence-electron chi connectivity index (χ3n) is 2.86. The third-order valence-corrected chi connectivity index (χ3v) is 3.83. The Morgan fingerprint density at radius 1 is 1.20 bits per heavy atom. The predicted molar refractivity (Wildman–Crippen MR) is 68.3 cm³/mol. The summed E-state index contributed by atoms with van der Waals surface area (Å²) in [4.78, 5) is 2.51. The number of piperidine rings is 1. The highest BCUT2D eigenvalue weighted by Crippen LogP contribution is 2.23. The summed E-state index contributed by atoms with van der Waals surface area (Å²) in [5.74, 6) is 0. The first-order valence-electron chi connectivity index (χ1n) is 5.42. The topological polar surface area (TPSA) is 3.24 Å². The van der Waals surface area contributed by atoms with Crippen LogP contribution in [0.1, 0.15) is 24.8 Å². The van der Waals surface area contributed by atoms with Gasteiger partial charge in [-0.05, 0) is 43.6 Å². The van der Waals surface area contributed by atoms with E-state index in [1.807, 2.05) is 12.1 Å². The van der Waals surface area contributed by atoms with Crippen LogP contribution in [-0.4, -0.2) is 18.0 Å². The number of hydrogen-bond donors (Lipinski definition) is 0. The first-order valence-corrected chi connectivity index (χ1v) is 6.59. The van der Waals surface area contributed by atoms with Crippen molar-refractivity contribution < 1.29 is 0 Å². The molecule has 0 saturated carbocycles. The molecule has 0 bridgehead atoms. The zero-order chi connectivity index (χ0) is 10.7. The molecule has 1 heterocycles. The van der Waals surface area contributed by atoms with Gasteiger partial charge in [-0.15, -0.1) is 0 Å². The molecule has 1 nitrogen and oxygen atoms in total. The molecule has 1 aromatic carbocycles. The Labute approximate surface area is 105 Å². The lowest BCUT2D eigenvalue weighted by Gasteiger charge is -2.26. The molecular weight excluding hydrogens is 273 g/mol. The molecule has 1 aromatic rings. The maximum Gasteiger partial charge on any atom is 0.0417 e.